The minimum absolute atomic E-state index is 0. The lowest BCUT2D eigenvalue weighted by molar-refractivity contribution is -0.119. The molecule has 0 saturated carbocycles. The van der Waals surface area contributed by atoms with Crippen molar-refractivity contribution >= 4 is 40.8 Å². The number of hydrogen-bond donors (Lipinski definition) is 3. The number of amides is 1. The molecule has 2 unspecified atom stereocenters. The number of hydrogen-bond acceptors (Lipinski definition) is 6. The summed E-state index contributed by atoms with van der Waals surface area (Å²) in [5.41, 5.74) is 7.47. The number of aromatic amines is 1. The number of H-pyrrole nitrogens is 1. The van der Waals surface area contributed by atoms with E-state index in [1.54, 1.807) is 31.5 Å². The summed E-state index contributed by atoms with van der Waals surface area (Å²) >= 11 is 1.31. The van der Waals surface area contributed by atoms with Crippen molar-refractivity contribution in [3.8, 4) is 11.3 Å². The number of anilines is 1. The normalized spacial score (nSPS) is 12.9. The van der Waals surface area contributed by atoms with Crippen molar-refractivity contribution in [2.45, 2.75) is 19.9 Å². The number of methoxy groups -OCH3 is 1. The molecular formula is C14H19ClN4O3S. The van der Waals surface area contributed by atoms with Crippen LogP contribution in [0.1, 0.15) is 24.3 Å². The van der Waals surface area contributed by atoms with Gasteiger partial charge in [-0.05, 0) is 13.0 Å². The monoisotopic (exact) mass is 358 g/mol. The molecule has 126 valence electrons. The first-order valence-electron chi connectivity index (χ1n) is 6.71. The van der Waals surface area contributed by atoms with Gasteiger partial charge in [0.05, 0.1) is 18.7 Å². The number of nitrogens with two attached hydrogens (primary N) is 1. The van der Waals surface area contributed by atoms with E-state index in [0.29, 0.717) is 16.5 Å². The molecule has 23 heavy (non-hydrogen) atoms. The van der Waals surface area contributed by atoms with Crippen molar-refractivity contribution in [1.29, 1.82) is 0 Å². The maximum absolute atomic E-state index is 11.9. The highest BCUT2D eigenvalue weighted by atomic mass is 35.5. The van der Waals surface area contributed by atoms with Crippen molar-refractivity contribution in [1.82, 2.24) is 9.97 Å². The number of rotatable bonds is 5. The molecule has 9 heteroatoms. The topological polar surface area (TPSA) is 110 Å². The van der Waals surface area contributed by atoms with E-state index in [-0.39, 0.29) is 30.3 Å². The molecule has 2 aromatic rings. The number of aromatic nitrogens is 2. The van der Waals surface area contributed by atoms with Gasteiger partial charge in [0.1, 0.15) is 5.69 Å². The van der Waals surface area contributed by atoms with Crippen LogP contribution in [0.2, 0.25) is 0 Å². The van der Waals surface area contributed by atoms with Crippen LogP contribution < -0.4 is 11.1 Å². The molecule has 1 amide bonds. The van der Waals surface area contributed by atoms with E-state index >= 15 is 0 Å². The molecule has 0 fully saturated rings. The van der Waals surface area contributed by atoms with Gasteiger partial charge in [-0.25, -0.2) is 9.78 Å². The number of halogens is 1. The van der Waals surface area contributed by atoms with Gasteiger partial charge in [0, 0.05) is 23.2 Å². The first-order chi connectivity index (χ1) is 10.4. The molecule has 2 heterocycles. The predicted molar refractivity (Wildman–Crippen MR) is 91.9 cm³/mol. The first kappa shape index (κ1) is 19.1. The Hall–Kier alpha value is -1.90. The third-order valence-electron chi connectivity index (χ3n) is 3.32. The van der Waals surface area contributed by atoms with Crippen molar-refractivity contribution in [3.63, 3.8) is 0 Å². The van der Waals surface area contributed by atoms with Gasteiger partial charge < -0.3 is 20.8 Å². The van der Waals surface area contributed by atoms with E-state index in [1.165, 1.54) is 18.4 Å². The van der Waals surface area contributed by atoms with E-state index in [2.05, 4.69) is 20.0 Å². The third kappa shape index (κ3) is 4.54. The Morgan fingerprint density at radius 2 is 2.13 bits per heavy atom. The molecule has 7 nitrogen and oxygen atoms in total. The van der Waals surface area contributed by atoms with E-state index in [4.69, 9.17) is 5.73 Å². The molecule has 0 aliphatic heterocycles. The van der Waals surface area contributed by atoms with E-state index in [0.717, 1.165) is 5.56 Å². The summed E-state index contributed by atoms with van der Waals surface area (Å²) in [6.07, 6.45) is 1.66. The highest BCUT2D eigenvalue weighted by Gasteiger charge is 2.18. The Morgan fingerprint density at radius 1 is 1.43 bits per heavy atom. The zero-order valence-electron chi connectivity index (χ0n) is 13.0. The summed E-state index contributed by atoms with van der Waals surface area (Å²) in [7, 11) is 1.32. The van der Waals surface area contributed by atoms with Gasteiger partial charge in [-0.2, -0.15) is 0 Å². The lowest BCUT2D eigenvalue weighted by atomic mass is 10.0. The standard InChI is InChI=1S/C14H18N4O3S.ClH/c1-7(8(2)15)12(19)18-14-17-11(6-22-14)9-4-10(16-5-9)13(20)21-3;/h4-8,16H,15H2,1-3H3,(H,17,18,19);1H. The molecule has 0 aliphatic carbocycles. The average molecular weight is 359 g/mol. The lowest BCUT2D eigenvalue weighted by Crippen LogP contribution is -2.34. The van der Waals surface area contributed by atoms with Crippen LogP contribution in [-0.4, -0.2) is 35.0 Å². The number of nitrogens with zero attached hydrogens (tertiary/aromatic N) is 1. The van der Waals surface area contributed by atoms with Crippen LogP contribution in [0.15, 0.2) is 17.6 Å². The molecule has 0 spiro atoms. The van der Waals surface area contributed by atoms with Crippen molar-refractivity contribution < 1.29 is 14.3 Å². The van der Waals surface area contributed by atoms with E-state index < -0.39 is 5.97 Å². The predicted octanol–water partition coefficient (Wildman–Crippen LogP) is 2.27. The fourth-order valence-corrected chi connectivity index (χ4v) is 2.41. The SMILES string of the molecule is COC(=O)c1cc(-c2csc(NC(=O)C(C)C(C)N)n2)c[nH]1.Cl. The van der Waals surface area contributed by atoms with Crippen LogP contribution in [0.5, 0.6) is 0 Å². The Bertz CT molecular complexity index is 683. The molecule has 0 aliphatic rings. The fraction of sp³-hybridized carbons (Fsp3) is 0.357. The Labute approximate surface area is 144 Å². The Kier molecular flexibility index (Phi) is 6.74. The van der Waals surface area contributed by atoms with Gasteiger partial charge in [-0.1, -0.05) is 6.92 Å². The molecule has 2 aromatic heterocycles. The number of thiazole rings is 1. The van der Waals surface area contributed by atoms with E-state index in [9.17, 15) is 9.59 Å². The van der Waals surface area contributed by atoms with Crippen LogP contribution >= 0.6 is 23.7 Å². The summed E-state index contributed by atoms with van der Waals surface area (Å²) in [6.45, 7) is 3.55. The van der Waals surface area contributed by atoms with Crippen LogP contribution in [0.4, 0.5) is 5.13 Å². The number of carbonyl (C=O) groups excluding carboxylic acids is 2. The van der Waals surface area contributed by atoms with Crippen LogP contribution in [0.25, 0.3) is 11.3 Å². The maximum atomic E-state index is 11.9. The van der Waals surface area contributed by atoms with Gasteiger partial charge in [-0.15, -0.1) is 23.7 Å². The maximum Gasteiger partial charge on any atom is 0.354 e. The Morgan fingerprint density at radius 3 is 2.74 bits per heavy atom. The summed E-state index contributed by atoms with van der Waals surface area (Å²) in [4.78, 5) is 30.5. The van der Waals surface area contributed by atoms with E-state index in [1.807, 2.05) is 0 Å². The summed E-state index contributed by atoms with van der Waals surface area (Å²) in [5.74, 6) is -0.911. The zero-order chi connectivity index (χ0) is 16.3. The zero-order valence-corrected chi connectivity index (χ0v) is 14.6. The van der Waals surface area contributed by atoms with Crippen molar-refractivity contribution in [2.75, 3.05) is 12.4 Å². The molecular weight excluding hydrogens is 340 g/mol. The van der Waals surface area contributed by atoms with Gasteiger partial charge in [0.2, 0.25) is 5.91 Å². The molecule has 2 atom stereocenters. The van der Waals surface area contributed by atoms with Crippen LogP contribution in [0, 0.1) is 5.92 Å². The summed E-state index contributed by atoms with van der Waals surface area (Å²) in [5, 5.41) is 5.04. The van der Waals surface area contributed by atoms with Gasteiger partial charge in [0.25, 0.3) is 0 Å². The fourth-order valence-electron chi connectivity index (χ4n) is 1.69. The smallest absolute Gasteiger partial charge is 0.354 e. The number of nitrogens with one attached hydrogen (secondary N) is 2. The van der Waals surface area contributed by atoms with Gasteiger partial charge in [0.15, 0.2) is 5.13 Å². The lowest BCUT2D eigenvalue weighted by Gasteiger charge is -2.13. The van der Waals surface area contributed by atoms with Crippen LogP contribution in [0.3, 0.4) is 0 Å². The van der Waals surface area contributed by atoms with Crippen molar-refractivity contribution in [2.24, 2.45) is 11.7 Å². The molecule has 0 aromatic carbocycles. The summed E-state index contributed by atoms with van der Waals surface area (Å²) < 4.78 is 4.64. The minimum atomic E-state index is -0.444. The second-order valence-corrected chi connectivity index (χ2v) is 5.83. The third-order valence-corrected chi connectivity index (χ3v) is 4.08. The summed E-state index contributed by atoms with van der Waals surface area (Å²) in [6, 6.07) is 1.42. The molecule has 0 radical (unpaired) electrons. The average Bonchev–Trinajstić information content (AvgIpc) is 3.14. The number of carbonyl (C=O) groups is 2. The molecule has 0 saturated heterocycles. The van der Waals surface area contributed by atoms with Crippen molar-refractivity contribution in [3.05, 3.63) is 23.3 Å². The molecule has 4 N–H and O–H groups in total. The van der Waals surface area contributed by atoms with Crippen LogP contribution in [-0.2, 0) is 9.53 Å². The van der Waals surface area contributed by atoms with Gasteiger partial charge in [-0.3, -0.25) is 4.79 Å². The number of ether oxygens (including phenoxy) is 1. The second-order valence-electron chi connectivity index (χ2n) is 4.97. The Balaban J connectivity index is 0.00000264. The molecule has 2 rings (SSSR count). The highest BCUT2D eigenvalue weighted by Crippen LogP contribution is 2.26. The highest BCUT2D eigenvalue weighted by molar-refractivity contribution is 7.14. The molecule has 0 bridgehead atoms. The minimum Gasteiger partial charge on any atom is -0.464 e. The number of esters is 1. The van der Waals surface area contributed by atoms with Gasteiger partial charge >= 0.3 is 5.97 Å². The second kappa shape index (κ2) is 8.09. The largest absolute Gasteiger partial charge is 0.464 e. The quantitative estimate of drug-likeness (QED) is 0.710. The first-order valence-corrected chi connectivity index (χ1v) is 7.59.